The third-order valence-corrected chi connectivity index (χ3v) is 5.07. The maximum absolute atomic E-state index is 10.5. The molecule has 0 amide bonds. The van der Waals surface area contributed by atoms with Crippen LogP contribution in [0.25, 0.3) is 0 Å². The van der Waals surface area contributed by atoms with Gasteiger partial charge in [-0.05, 0) is 43.0 Å². The summed E-state index contributed by atoms with van der Waals surface area (Å²) >= 11 is 0. The summed E-state index contributed by atoms with van der Waals surface area (Å²) in [5, 5.41) is 17.0. The molecule has 0 bridgehead atoms. The van der Waals surface area contributed by atoms with Crippen LogP contribution < -0.4 is 15.4 Å². The van der Waals surface area contributed by atoms with E-state index < -0.39 is 6.10 Å². The lowest BCUT2D eigenvalue weighted by atomic mass is 9.96. The van der Waals surface area contributed by atoms with Crippen LogP contribution in [0, 0.1) is 0 Å². The van der Waals surface area contributed by atoms with E-state index in [1.165, 1.54) is 18.4 Å². The first kappa shape index (κ1) is 22.5. The van der Waals surface area contributed by atoms with Crippen LogP contribution >= 0.6 is 24.0 Å². The first-order valence-electron chi connectivity index (χ1n) is 9.56. The summed E-state index contributed by atoms with van der Waals surface area (Å²) in [6.45, 7) is 3.96. The molecule has 0 aromatic heterocycles. The van der Waals surface area contributed by atoms with Gasteiger partial charge in [0, 0.05) is 18.5 Å². The fraction of sp³-hybridized carbons (Fsp3) is 0.409. The maximum atomic E-state index is 10.5. The van der Waals surface area contributed by atoms with Gasteiger partial charge in [-0.25, -0.2) is 0 Å². The number of hydrogen-bond acceptors (Lipinski definition) is 3. The Kier molecular flexibility index (Phi) is 8.57. The Hall–Kier alpha value is -1.80. The minimum absolute atomic E-state index is 0. The van der Waals surface area contributed by atoms with Crippen LogP contribution in [0.15, 0.2) is 59.6 Å². The van der Waals surface area contributed by atoms with E-state index in [9.17, 15) is 5.11 Å². The topological polar surface area (TPSA) is 65.9 Å². The number of nitrogens with one attached hydrogen (secondary N) is 2. The summed E-state index contributed by atoms with van der Waals surface area (Å²) < 4.78 is 5.23. The molecule has 0 aliphatic heterocycles. The van der Waals surface area contributed by atoms with Gasteiger partial charge in [-0.1, -0.05) is 42.5 Å². The number of guanidine groups is 1. The number of hydrogen-bond donors (Lipinski definition) is 3. The molecule has 0 heterocycles. The zero-order valence-electron chi connectivity index (χ0n) is 16.5. The van der Waals surface area contributed by atoms with Crippen molar-refractivity contribution in [2.45, 2.75) is 31.3 Å². The molecule has 1 saturated carbocycles. The van der Waals surface area contributed by atoms with E-state index in [-0.39, 0.29) is 29.4 Å². The van der Waals surface area contributed by atoms with Crippen LogP contribution in [0.5, 0.6) is 5.75 Å². The quantitative estimate of drug-likeness (QED) is 0.297. The molecule has 28 heavy (non-hydrogen) atoms. The minimum Gasteiger partial charge on any atom is -0.497 e. The molecule has 2 aromatic carbocycles. The van der Waals surface area contributed by atoms with Crippen LogP contribution in [-0.4, -0.2) is 37.8 Å². The van der Waals surface area contributed by atoms with E-state index in [0.29, 0.717) is 6.54 Å². The zero-order valence-corrected chi connectivity index (χ0v) is 18.9. The van der Waals surface area contributed by atoms with Crippen LogP contribution in [0.3, 0.4) is 0 Å². The molecule has 1 aliphatic carbocycles. The van der Waals surface area contributed by atoms with E-state index in [0.717, 1.165) is 30.4 Å². The predicted octanol–water partition coefficient (Wildman–Crippen LogP) is 3.63. The highest BCUT2D eigenvalue weighted by atomic mass is 127. The van der Waals surface area contributed by atoms with Gasteiger partial charge in [-0.3, -0.25) is 4.99 Å². The summed E-state index contributed by atoms with van der Waals surface area (Å²) in [5.41, 5.74) is 2.36. The number of methoxy groups -OCH3 is 1. The second-order valence-corrected chi connectivity index (χ2v) is 7.01. The van der Waals surface area contributed by atoms with Gasteiger partial charge < -0.3 is 20.5 Å². The van der Waals surface area contributed by atoms with Crippen molar-refractivity contribution in [1.29, 1.82) is 0 Å². The normalized spacial score (nSPS) is 15.9. The van der Waals surface area contributed by atoms with Gasteiger partial charge in [0.1, 0.15) is 5.75 Å². The highest BCUT2D eigenvalue weighted by Gasteiger charge is 2.43. The number of rotatable bonds is 8. The lowest BCUT2D eigenvalue weighted by Gasteiger charge is -2.18. The van der Waals surface area contributed by atoms with E-state index in [1.54, 1.807) is 7.11 Å². The molecule has 2 aromatic rings. The van der Waals surface area contributed by atoms with Crippen LogP contribution in [-0.2, 0) is 5.41 Å². The smallest absolute Gasteiger partial charge is 0.191 e. The second-order valence-electron chi connectivity index (χ2n) is 7.01. The largest absolute Gasteiger partial charge is 0.497 e. The van der Waals surface area contributed by atoms with Crippen LogP contribution in [0.2, 0.25) is 0 Å². The highest BCUT2D eigenvalue weighted by Crippen LogP contribution is 2.48. The molecule has 0 radical (unpaired) electrons. The molecule has 5 nitrogen and oxygen atoms in total. The Bertz CT molecular complexity index is 763. The van der Waals surface area contributed by atoms with E-state index in [2.05, 4.69) is 41.0 Å². The van der Waals surface area contributed by atoms with Gasteiger partial charge in [0.05, 0.1) is 19.8 Å². The van der Waals surface area contributed by atoms with Gasteiger partial charge in [-0.15, -0.1) is 24.0 Å². The number of ether oxygens (including phenoxy) is 1. The third-order valence-electron chi connectivity index (χ3n) is 5.07. The van der Waals surface area contributed by atoms with E-state index in [1.807, 2.05) is 31.2 Å². The number of aliphatic imine (C=N–C) groups is 1. The first-order valence-corrected chi connectivity index (χ1v) is 9.56. The molecule has 0 spiro atoms. The first-order chi connectivity index (χ1) is 13.2. The number of benzene rings is 2. The molecular weight excluding hydrogens is 465 g/mol. The van der Waals surface area contributed by atoms with Gasteiger partial charge in [-0.2, -0.15) is 0 Å². The molecule has 3 N–H and O–H groups in total. The Morgan fingerprint density at radius 1 is 1.14 bits per heavy atom. The zero-order chi connectivity index (χ0) is 19.1. The Labute approximate surface area is 184 Å². The number of halogens is 1. The van der Waals surface area contributed by atoms with Crippen molar-refractivity contribution >= 4 is 29.9 Å². The monoisotopic (exact) mass is 495 g/mol. The van der Waals surface area contributed by atoms with Crippen molar-refractivity contribution in [1.82, 2.24) is 10.6 Å². The molecular formula is C22H30IN3O2. The summed E-state index contributed by atoms with van der Waals surface area (Å²) in [6.07, 6.45) is 1.71. The Balaban J connectivity index is 0.00000280. The van der Waals surface area contributed by atoms with Gasteiger partial charge in [0.25, 0.3) is 0 Å². The van der Waals surface area contributed by atoms with Gasteiger partial charge in [0.15, 0.2) is 5.96 Å². The Morgan fingerprint density at radius 2 is 1.89 bits per heavy atom. The molecule has 152 valence electrons. The van der Waals surface area contributed by atoms with Crippen molar-refractivity contribution < 1.29 is 9.84 Å². The third kappa shape index (κ3) is 5.85. The van der Waals surface area contributed by atoms with Crippen molar-refractivity contribution in [3.63, 3.8) is 0 Å². The molecule has 1 atom stereocenters. The minimum atomic E-state index is -0.632. The van der Waals surface area contributed by atoms with Gasteiger partial charge in [0.2, 0.25) is 0 Å². The summed E-state index contributed by atoms with van der Waals surface area (Å²) in [4.78, 5) is 4.78. The number of aliphatic hydroxyl groups excluding tert-OH is 1. The van der Waals surface area contributed by atoms with Crippen molar-refractivity contribution in [2.75, 3.05) is 26.7 Å². The molecule has 1 fully saturated rings. The average Bonchev–Trinajstić information content (AvgIpc) is 3.52. The summed E-state index contributed by atoms with van der Waals surface area (Å²) in [5.74, 6) is 1.48. The van der Waals surface area contributed by atoms with Crippen LogP contribution in [0.4, 0.5) is 0 Å². The predicted molar refractivity (Wildman–Crippen MR) is 125 cm³/mol. The number of nitrogens with zero attached hydrogens (tertiary/aromatic N) is 1. The molecule has 1 unspecified atom stereocenters. The van der Waals surface area contributed by atoms with Crippen molar-refractivity contribution in [3.8, 4) is 5.75 Å². The Morgan fingerprint density at radius 3 is 2.54 bits per heavy atom. The molecule has 6 heteroatoms. The fourth-order valence-corrected chi connectivity index (χ4v) is 3.21. The molecule has 1 aliphatic rings. The summed E-state index contributed by atoms with van der Waals surface area (Å²) in [6, 6.07) is 18.1. The van der Waals surface area contributed by atoms with Crippen LogP contribution in [0.1, 0.15) is 37.0 Å². The summed E-state index contributed by atoms with van der Waals surface area (Å²) in [7, 11) is 1.63. The second kappa shape index (κ2) is 10.7. The van der Waals surface area contributed by atoms with E-state index >= 15 is 0 Å². The standard InChI is InChI=1S/C22H29N3O2.HI/c1-3-23-21(24-15-20(26)17-8-7-11-19(14-17)27-2)25-16-22(12-13-22)18-9-5-4-6-10-18;/h4-11,14,20,26H,3,12-13,15-16H2,1-2H3,(H2,23,24,25);1H. The van der Waals surface area contributed by atoms with Crippen molar-refractivity contribution in [3.05, 3.63) is 65.7 Å². The average molecular weight is 495 g/mol. The highest BCUT2D eigenvalue weighted by molar-refractivity contribution is 14.0. The lowest BCUT2D eigenvalue weighted by Crippen LogP contribution is -2.40. The van der Waals surface area contributed by atoms with Crippen molar-refractivity contribution in [2.24, 2.45) is 4.99 Å². The maximum Gasteiger partial charge on any atom is 0.191 e. The number of aliphatic hydroxyl groups is 1. The SMILES string of the molecule is CCNC(=NCC1(c2ccccc2)CC1)NCC(O)c1cccc(OC)c1.I. The molecule has 3 rings (SSSR count). The lowest BCUT2D eigenvalue weighted by molar-refractivity contribution is 0.180. The van der Waals surface area contributed by atoms with E-state index in [4.69, 9.17) is 9.73 Å². The fourth-order valence-electron chi connectivity index (χ4n) is 3.21. The molecule has 0 saturated heterocycles. The van der Waals surface area contributed by atoms with Gasteiger partial charge >= 0.3 is 0 Å².